The van der Waals surface area contributed by atoms with E-state index in [2.05, 4.69) is 76.1 Å². The van der Waals surface area contributed by atoms with E-state index >= 15 is 0 Å². The number of rotatable bonds is 16. The van der Waals surface area contributed by atoms with Gasteiger partial charge in [0.15, 0.2) is 44.0 Å². The van der Waals surface area contributed by atoms with Crippen LogP contribution >= 0.6 is 0 Å². The molecular weight excluding hydrogens is 1280 g/mol. The third-order valence-corrected chi connectivity index (χ3v) is 16.1. The Bertz CT molecular complexity index is 2890. The Labute approximate surface area is 525 Å². The molecule has 0 aromatic heterocycles. The van der Waals surface area contributed by atoms with Crippen molar-refractivity contribution in [3.05, 3.63) is 73.1 Å². The first-order chi connectivity index (χ1) is 45.2. The molecule has 21 aliphatic heterocycles. The summed E-state index contributed by atoms with van der Waals surface area (Å²) >= 11 is 0. The van der Waals surface area contributed by atoms with E-state index in [1.54, 1.807) is 0 Å². The number of ether oxygens (including phenoxy) is 15. The van der Waals surface area contributed by atoms with Crippen molar-refractivity contribution in [1.29, 1.82) is 0 Å². The summed E-state index contributed by atoms with van der Waals surface area (Å²) in [6, 6.07) is 0. The molecule has 21 saturated heterocycles. The zero-order chi connectivity index (χ0) is 68.1. The van der Waals surface area contributed by atoms with E-state index in [-0.39, 0.29) is 0 Å². The van der Waals surface area contributed by atoms with Crippen LogP contribution in [0.5, 0.6) is 0 Å². The van der Waals surface area contributed by atoms with Crippen LogP contribution in [0.3, 0.4) is 0 Å². The van der Waals surface area contributed by atoms with Crippen LogP contribution in [0.1, 0.15) is 0 Å². The predicted octanol–water partition coefficient (Wildman–Crippen LogP) is -5.35. The van der Waals surface area contributed by atoms with Crippen molar-refractivity contribution in [1.82, 2.24) is 0 Å². The summed E-state index contributed by atoms with van der Waals surface area (Å²) in [5, 5.41) is 177. The fourth-order valence-corrected chi connectivity index (χ4v) is 11.6. The lowest BCUT2D eigenvalue weighted by atomic mass is 9.94. The number of nitrogens with zero attached hydrogens (tertiary/aromatic N) is 21. The molecule has 0 unspecified atom stereocenters. The number of terminal acetylenes is 1. The SMILES string of the molecule is C#CCO[C@@H]1[C@@H](O)[C@H]2O[C@H]3[C@H](O)[C@@H](O)[C@@H](O[C@H]4[C@H](O)[C@@H](O)[C@@H](O[C@H]5[C@H](O)[C@@H](O)[C@@H](O[C@H]6[C@H](O)[C@@H](O)[C@@H](O[C@H]7[C@H](O)[C@@H](O)[C@@H](O[C@H]8[C@H](O)[C@@H](O)[C@@H](O[C@@H]1[C@@H](CN=[N+]=[N-])O2)O[C@@H]8CN=[N+]=[N-])O[C@@H]7CN=[N+]=[N-])O[C@@H]6CN=[N+]=[N-])O[C@@H]5CN=[N+]=[N-])O[C@@H]4CN=[N+]=[N-])O[C@@H]3CN=[N+]=[N-]. The van der Waals surface area contributed by atoms with Gasteiger partial charge in [-0.1, -0.05) is 41.7 Å². The molecule has 0 saturated carbocycles. The molecule has 0 amide bonds. The molecule has 21 rings (SSSR count). The largest absolute Gasteiger partial charge is 0.387 e. The highest BCUT2D eigenvalue weighted by Gasteiger charge is 2.60. The molecule has 0 radical (unpaired) electrons. The van der Waals surface area contributed by atoms with E-state index in [9.17, 15) is 105 Å². The summed E-state index contributed by atoms with van der Waals surface area (Å²) in [6.45, 7) is -6.22. The highest BCUT2D eigenvalue weighted by molar-refractivity contribution is 5.04. The monoisotopic (exact) mass is 1350 g/mol. The Morgan fingerprint density at radius 3 is 0.617 bits per heavy atom. The molecule has 21 fully saturated rings. The van der Waals surface area contributed by atoms with Gasteiger partial charge in [-0.2, -0.15) is 0 Å². The quantitative estimate of drug-likeness (QED) is 0.0297. The van der Waals surface area contributed by atoms with Crippen molar-refractivity contribution in [3.8, 4) is 12.3 Å². The first-order valence-electron chi connectivity index (χ1n) is 28.3. The molecule has 94 heavy (non-hydrogen) atoms. The van der Waals surface area contributed by atoms with E-state index in [4.69, 9.17) is 77.5 Å². The lowest BCUT2D eigenvalue weighted by molar-refractivity contribution is -0.392. The van der Waals surface area contributed by atoms with Gasteiger partial charge in [-0.05, 0) is 38.7 Å². The van der Waals surface area contributed by atoms with Crippen LogP contribution in [0.25, 0.3) is 73.1 Å². The summed E-state index contributed by atoms with van der Waals surface area (Å²) in [5.74, 6) is 2.17. The summed E-state index contributed by atoms with van der Waals surface area (Å²) < 4.78 is 89.2. The van der Waals surface area contributed by atoms with Gasteiger partial charge in [-0.25, -0.2) is 0 Å². The molecule has 21 aliphatic rings. The van der Waals surface area contributed by atoms with Crippen LogP contribution in [0, 0.1) is 12.3 Å². The predicted molar refractivity (Wildman–Crippen MR) is 289 cm³/mol. The third-order valence-electron chi connectivity index (χ3n) is 16.1. The van der Waals surface area contributed by atoms with Gasteiger partial charge >= 0.3 is 0 Å². The summed E-state index contributed by atoms with van der Waals surface area (Å²) in [5.41, 5.74) is 65.7. The molecule has 49 heteroatoms. The minimum absolute atomic E-state index is 0.649. The zero-order valence-electron chi connectivity index (χ0n) is 48.3. The minimum atomic E-state index is -2.31. The molecule has 21 heterocycles. The second-order valence-corrected chi connectivity index (χ2v) is 21.8. The smallest absolute Gasteiger partial charge is 0.187 e. The maximum Gasteiger partial charge on any atom is 0.187 e. The fraction of sp³-hybridized carbons (Fsp3) is 0.956. The molecular formula is C45H65N21O28. The van der Waals surface area contributed by atoms with E-state index in [1.165, 1.54) is 0 Å². The lowest BCUT2D eigenvalue weighted by Gasteiger charge is -2.50. The van der Waals surface area contributed by atoms with Gasteiger partial charge in [0.1, 0.15) is 135 Å². The van der Waals surface area contributed by atoms with Crippen LogP contribution in [0.15, 0.2) is 35.8 Å². The topological polar surface area (TPSA) is 743 Å². The Morgan fingerprint density at radius 2 is 0.436 bits per heavy atom. The van der Waals surface area contributed by atoms with Crippen molar-refractivity contribution in [2.75, 3.05) is 52.4 Å². The molecule has 49 nitrogen and oxygen atoms in total. The Balaban J connectivity index is 1.19. The number of hydrogen-bond acceptors (Lipinski definition) is 35. The van der Waals surface area contributed by atoms with E-state index in [0.29, 0.717) is 0 Å². The average molecular weight is 1350 g/mol. The van der Waals surface area contributed by atoms with Gasteiger partial charge in [-0.15, -0.1) is 6.42 Å². The van der Waals surface area contributed by atoms with Gasteiger partial charge in [0, 0.05) is 34.4 Å². The highest BCUT2D eigenvalue weighted by Crippen LogP contribution is 2.40. The molecule has 0 aliphatic carbocycles. The maximum atomic E-state index is 12.0. The van der Waals surface area contributed by atoms with E-state index < -0.39 is 267 Å². The van der Waals surface area contributed by atoms with Gasteiger partial charge in [0.25, 0.3) is 0 Å². The number of aliphatic hydroxyl groups is 13. The molecule has 0 aromatic carbocycles. The van der Waals surface area contributed by atoms with Crippen LogP contribution in [0.2, 0.25) is 0 Å². The Morgan fingerprint density at radius 1 is 0.266 bits per heavy atom. The lowest BCUT2D eigenvalue weighted by Crippen LogP contribution is -2.68. The molecule has 35 atom stereocenters. The molecule has 13 N–H and O–H groups in total. The number of hydrogen-bond donors (Lipinski definition) is 13. The normalized spacial score (nSPS) is 46.4. The van der Waals surface area contributed by atoms with Crippen LogP contribution in [0.4, 0.5) is 0 Å². The van der Waals surface area contributed by atoms with Crippen molar-refractivity contribution >= 4 is 0 Å². The molecule has 0 aromatic rings. The van der Waals surface area contributed by atoms with Crippen molar-refractivity contribution in [2.45, 2.75) is 215 Å². The average Bonchev–Trinajstić information content (AvgIpc) is 0.876. The second kappa shape index (κ2) is 34.0. The van der Waals surface area contributed by atoms with Crippen molar-refractivity contribution in [3.63, 3.8) is 0 Å². The fourth-order valence-electron chi connectivity index (χ4n) is 11.6. The summed E-state index contributed by atoms with van der Waals surface area (Å²) in [6.07, 6.45) is -66.8. The Hall–Kier alpha value is -6.39. The summed E-state index contributed by atoms with van der Waals surface area (Å²) in [4.78, 5) is 18.8. The maximum absolute atomic E-state index is 12.0. The summed E-state index contributed by atoms with van der Waals surface area (Å²) in [7, 11) is 0. The van der Waals surface area contributed by atoms with E-state index in [1.807, 2.05) is 0 Å². The van der Waals surface area contributed by atoms with Gasteiger partial charge in [0.2, 0.25) is 0 Å². The van der Waals surface area contributed by atoms with E-state index in [0.717, 1.165) is 0 Å². The first-order valence-corrected chi connectivity index (χ1v) is 28.3. The third kappa shape index (κ3) is 16.3. The first kappa shape index (κ1) is 73.4. The molecule has 0 spiro atoms. The second-order valence-electron chi connectivity index (χ2n) is 21.8. The van der Waals surface area contributed by atoms with Gasteiger partial charge < -0.3 is 137 Å². The van der Waals surface area contributed by atoms with Crippen LogP contribution in [-0.2, 0) is 71.1 Å². The molecule has 14 bridgehead atoms. The van der Waals surface area contributed by atoms with Crippen molar-refractivity contribution < 1.29 is 137 Å². The zero-order valence-corrected chi connectivity index (χ0v) is 48.3. The number of azide groups is 7. The van der Waals surface area contributed by atoms with Gasteiger partial charge in [0.05, 0.1) is 88.5 Å². The number of aliphatic hydroxyl groups excluding tert-OH is 13. The Kier molecular flexibility index (Phi) is 26.6. The standard InChI is InChI=1S/C45H65N21O28/c1-2-3-80-38-30(79)45-87-17(10-59-66-52)37(38)94-44-29(78)23(72)35(15(86-44)8-57-64-50)92-42-27(76)21(70)33(13(84-42)6-55-62-48)90-40-25(74)19(68)31(11(82-40)4-53-60-46)88-39-24(73)18(67)32(12(81-39)5-54-61-47)89-41-26(75)20(69)34(14(83-41)7-56-63-49)91-43-28(77)22(71)36(93-45)16(85-43)9-58-65-51/h1,11-45,67-79H,3-10H2/t11-,12-,13-,14-,15-,16-,17-,18-,19-,20-,21-,22-,23-,24-,25-,26-,27-,28-,29-,30-,31-,32-,33-,34-,35-,36-,37-,38-,39-,40-,41-,42-,43-,44-,45-/m1/s1. The highest BCUT2D eigenvalue weighted by atomic mass is 16.8. The van der Waals surface area contributed by atoms with Gasteiger partial charge in [-0.3, -0.25) is 0 Å². The van der Waals surface area contributed by atoms with Crippen LogP contribution < -0.4 is 0 Å². The molecule has 518 valence electrons. The van der Waals surface area contributed by atoms with Crippen LogP contribution in [-0.4, -0.2) is 334 Å². The van der Waals surface area contributed by atoms with Crippen molar-refractivity contribution in [2.24, 2.45) is 35.8 Å². The minimum Gasteiger partial charge on any atom is -0.387 e.